The summed E-state index contributed by atoms with van der Waals surface area (Å²) in [6.45, 7) is 3.72. The molecule has 2 aromatic rings. The lowest BCUT2D eigenvalue weighted by molar-refractivity contribution is -0.135. The lowest BCUT2D eigenvalue weighted by Crippen LogP contribution is -2.44. The van der Waals surface area contributed by atoms with Crippen molar-refractivity contribution in [3.05, 3.63) is 48.0 Å². The number of methoxy groups -OCH3 is 1. The van der Waals surface area contributed by atoms with Crippen LogP contribution in [0.25, 0.3) is 0 Å². The molecular formula is C20H26N4O3. The van der Waals surface area contributed by atoms with Gasteiger partial charge in [0.25, 0.3) is 0 Å². The Bertz CT molecular complexity index is 802. The summed E-state index contributed by atoms with van der Waals surface area (Å²) in [5.41, 5.74) is 0.906. The van der Waals surface area contributed by atoms with E-state index >= 15 is 0 Å². The Morgan fingerprint density at radius 3 is 2.93 bits per heavy atom. The van der Waals surface area contributed by atoms with Crippen LogP contribution in [0.4, 0.5) is 0 Å². The first-order chi connectivity index (χ1) is 13.1. The molecule has 0 saturated carbocycles. The fourth-order valence-corrected chi connectivity index (χ4v) is 3.44. The number of carbonyl (C=O) groups is 2. The quantitative estimate of drug-likeness (QED) is 0.720. The minimum Gasteiger partial charge on any atom is -0.496 e. The molecule has 1 atom stereocenters. The van der Waals surface area contributed by atoms with E-state index in [1.165, 1.54) is 0 Å². The number of para-hydroxylation sites is 1. The summed E-state index contributed by atoms with van der Waals surface area (Å²) < 4.78 is 7.42. The molecule has 27 heavy (non-hydrogen) atoms. The first-order valence-corrected chi connectivity index (χ1v) is 9.27. The molecule has 1 aromatic carbocycles. The molecule has 0 unspecified atom stereocenters. The van der Waals surface area contributed by atoms with Crippen LogP contribution in [0.3, 0.4) is 0 Å². The maximum absolute atomic E-state index is 12.6. The van der Waals surface area contributed by atoms with E-state index < -0.39 is 6.04 Å². The summed E-state index contributed by atoms with van der Waals surface area (Å²) in [6, 6.07) is 7.17. The number of nitrogens with one attached hydrogen (secondary N) is 1. The summed E-state index contributed by atoms with van der Waals surface area (Å²) in [5.74, 6) is 1.62. The average Bonchev–Trinajstić information content (AvgIpc) is 3.25. The molecule has 1 aliphatic rings. The highest BCUT2D eigenvalue weighted by atomic mass is 16.5. The maximum Gasteiger partial charge on any atom is 0.242 e. The zero-order valence-electron chi connectivity index (χ0n) is 15.9. The fourth-order valence-electron chi connectivity index (χ4n) is 3.44. The zero-order valence-corrected chi connectivity index (χ0v) is 15.9. The van der Waals surface area contributed by atoms with E-state index in [0.29, 0.717) is 25.9 Å². The third-order valence-electron chi connectivity index (χ3n) is 4.96. The highest BCUT2D eigenvalue weighted by molar-refractivity contribution is 5.90. The van der Waals surface area contributed by atoms with Gasteiger partial charge in [-0.3, -0.25) is 9.59 Å². The van der Waals surface area contributed by atoms with Gasteiger partial charge in [-0.2, -0.15) is 0 Å². The number of benzene rings is 1. The predicted octanol–water partition coefficient (Wildman–Crippen LogP) is 1.90. The van der Waals surface area contributed by atoms with Crippen LogP contribution < -0.4 is 10.1 Å². The SMILES string of the molecule is COc1ccccc1CN1C(=O)CC[C@@H]1C(=O)NCCCn1ccnc1C. The summed E-state index contributed by atoms with van der Waals surface area (Å²) in [7, 11) is 1.61. The number of hydrogen-bond acceptors (Lipinski definition) is 4. The zero-order chi connectivity index (χ0) is 19.2. The largest absolute Gasteiger partial charge is 0.496 e. The van der Waals surface area contributed by atoms with E-state index in [-0.39, 0.29) is 11.8 Å². The number of ether oxygens (including phenoxy) is 1. The molecular weight excluding hydrogens is 344 g/mol. The van der Waals surface area contributed by atoms with E-state index in [9.17, 15) is 9.59 Å². The third-order valence-corrected chi connectivity index (χ3v) is 4.96. The Kier molecular flexibility index (Phi) is 6.11. The minimum absolute atomic E-state index is 0.00935. The van der Waals surface area contributed by atoms with Gasteiger partial charge in [0.2, 0.25) is 11.8 Å². The van der Waals surface area contributed by atoms with Gasteiger partial charge in [0.15, 0.2) is 0 Å². The number of aromatic nitrogens is 2. The topological polar surface area (TPSA) is 76.5 Å². The first kappa shape index (κ1) is 18.9. The summed E-state index contributed by atoms with van der Waals surface area (Å²) >= 11 is 0. The van der Waals surface area contributed by atoms with Gasteiger partial charge in [-0.25, -0.2) is 4.98 Å². The second kappa shape index (κ2) is 8.70. The second-order valence-electron chi connectivity index (χ2n) is 6.70. The molecule has 144 valence electrons. The van der Waals surface area contributed by atoms with Crippen molar-refractivity contribution < 1.29 is 14.3 Å². The molecule has 0 spiro atoms. The molecule has 1 fully saturated rings. The number of carbonyl (C=O) groups excluding carboxylic acids is 2. The van der Waals surface area contributed by atoms with E-state index in [4.69, 9.17) is 4.74 Å². The highest BCUT2D eigenvalue weighted by Gasteiger charge is 2.36. The normalized spacial score (nSPS) is 16.6. The number of rotatable bonds is 8. The van der Waals surface area contributed by atoms with Gasteiger partial charge < -0.3 is 19.5 Å². The molecule has 2 amide bonds. The van der Waals surface area contributed by atoms with Gasteiger partial charge >= 0.3 is 0 Å². The molecule has 0 aliphatic carbocycles. The number of aryl methyl sites for hydroxylation is 2. The number of amides is 2. The average molecular weight is 370 g/mol. The van der Waals surface area contributed by atoms with Crippen LogP contribution in [0.2, 0.25) is 0 Å². The van der Waals surface area contributed by atoms with Gasteiger partial charge in [-0.15, -0.1) is 0 Å². The molecule has 7 heteroatoms. The van der Waals surface area contributed by atoms with Gasteiger partial charge in [-0.1, -0.05) is 18.2 Å². The van der Waals surface area contributed by atoms with Crippen LogP contribution in [0.15, 0.2) is 36.7 Å². The molecule has 7 nitrogen and oxygen atoms in total. The molecule has 0 bridgehead atoms. The number of nitrogens with zero attached hydrogens (tertiary/aromatic N) is 3. The molecule has 1 saturated heterocycles. The lowest BCUT2D eigenvalue weighted by atomic mass is 10.1. The second-order valence-corrected chi connectivity index (χ2v) is 6.70. The van der Waals surface area contributed by atoms with Crippen LogP contribution in [-0.4, -0.2) is 46.0 Å². The van der Waals surface area contributed by atoms with Crippen LogP contribution >= 0.6 is 0 Å². The fraction of sp³-hybridized carbons (Fsp3) is 0.450. The Morgan fingerprint density at radius 2 is 2.19 bits per heavy atom. The van der Waals surface area contributed by atoms with E-state index in [1.54, 1.807) is 18.2 Å². The number of hydrogen-bond donors (Lipinski definition) is 1. The van der Waals surface area contributed by atoms with Gasteiger partial charge in [0.05, 0.1) is 13.7 Å². The molecule has 3 rings (SSSR count). The van der Waals surface area contributed by atoms with E-state index in [0.717, 1.165) is 30.1 Å². The van der Waals surface area contributed by atoms with Crippen molar-refractivity contribution in [3.8, 4) is 5.75 Å². The van der Waals surface area contributed by atoms with Crippen LogP contribution in [0.1, 0.15) is 30.7 Å². The maximum atomic E-state index is 12.6. The Morgan fingerprint density at radius 1 is 1.37 bits per heavy atom. The Balaban J connectivity index is 1.55. The van der Waals surface area contributed by atoms with Crippen molar-refractivity contribution >= 4 is 11.8 Å². The van der Waals surface area contributed by atoms with Crippen LogP contribution in [0.5, 0.6) is 5.75 Å². The van der Waals surface area contributed by atoms with Crippen molar-refractivity contribution in [2.75, 3.05) is 13.7 Å². The summed E-state index contributed by atoms with van der Waals surface area (Å²) in [6.07, 6.45) is 5.48. The van der Waals surface area contributed by atoms with Crippen LogP contribution in [0, 0.1) is 6.92 Å². The standard InChI is InChI=1S/C20H26N4O3/c1-15-21-11-13-23(15)12-5-10-22-20(26)17-8-9-19(25)24(17)14-16-6-3-4-7-18(16)27-2/h3-4,6-7,11,13,17H,5,8-10,12,14H2,1-2H3,(H,22,26)/t17-/m1/s1. The molecule has 2 heterocycles. The van der Waals surface area contributed by atoms with Gasteiger partial charge in [0.1, 0.15) is 17.6 Å². The van der Waals surface area contributed by atoms with E-state index in [2.05, 4.69) is 14.9 Å². The monoisotopic (exact) mass is 370 g/mol. The minimum atomic E-state index is -0.419. The number of imidazole rings is 1. The predicted molar refractivity (Wildman–Crippen MR) is 101 cm³/mol. The van der Waals surface area contributed by atoms with Crippen LogP contribution in [-0.2, 0) is 22.7 Å². The Hall–Kier alpha value is -2.83. The van der Waals surface area contributed by atoms with Gasteiger partial charge in [0, 0.05) is 37.5 Å². The molecule has 1 N–H and O–H groups in total. The van der Waals surface area contributed by atoms with Crippen molar-refractivity contribution in [2.24, 2.45) is 0 Å². The molecule has 0 radical (unpaired) electrons. The lowest BCUT2D eigenvalue weighted by Gasteiger charge is -2.25. The van der Waals surface area contributed by atoms with Crippen molar-refractivity contribution in [1.82, 2.24) is 19.8 Å². The van der Waals surface area contributed by atoms with E-state index in [1.807, 2.05) is 37.4 Å². The molecule has 1 aromatic heterocycles. The first-order valence-electron chi connectivity index (χ1n) is 9.27. The highest BCUT2D eigenvalue weighted by Crippen LogP contribution is 2.25. The summed E-state index contributed by atoms with van der Waals surface area (Å²) in [4.78, 5) is 30.8. The molecule has 1 aliphatic heterocycles. The van der Waals surface area contributed by atoms with Gasteiger partial charge in [-0.05, 0) is 25.8 Å². The smallest absolute Gasteiger partial charge is 0.242 e. The third kappa shape index (κ3) is 4.48. The Labute approximate surface area is 159 Å². The summed E-state index contributed by atoms with van der Waals surface area (Å²) in [5, 5.41) is 2.97. The van der Waals surface area contributed by atoms with Crippen molar-refractivity contribution in [1.29, 1.82) is 0 Å². The van der Waals surface area contributed by atoms with Crippen molar-refractivity contribution in [3.63, 3.8) is 0 Å². The number of likely N-dealkylation sites (tertiary alicyclic amines) is 1. The van der Waals surface area contributed by atoms with Crippen molar-refractivity contribution in [2.45, 2.75) is 45.3 Å².